The molecule has 2 unspecified atom stereocenters. The molecule has 0 N–H and O–H groups in total. The van der Waals surface area contributed by atoms with Crippen molar-refractivity contribution in [3.8, 4) is 0 Å². The summed E-state index contributed by atoms with van der Waals surface area (Å²) in [5.41, 5.74) is 0.562. The molecule has 1 fully saturated rings. The van der Waals surface area contributed by atoms with Crippen molar-refractivity contribution in [2.24, 2.45) is 34.5 Å². The van der Waals surface area contributed by atoms with Gasteiger partial charge in [0.15, 0.2) is 0 Å². The maximum Gasteiger partial charge on any atom is 0.308 e. The number of unbranched alkanes of at least 4 members (excludes halogenated alkanes) is 2. The second-order valence-corrected chi connectivity index (χ2v) is 13.2. The zero-order valence-electron chi connectivity index (χ0n) is 25.3. The third kappa shape index (κ3) is 12.0. The van der Waals surface area contributed by atoms with E-state index >= 15 is 0 Å². The zero-order valence-corrected chi connectivity index (χ0v) is 25.3. The van der Waals surface area contributed by atoms with E-state index in [9.17, 15) is 9.59 Å². The van der Waals surface area contributed by atoms with Crippen LogP contribution >= 0.6 is 0 Å². The summed E-state index contributed by atoms with van der Waals surface area (Å²) in [6.45, 7) is 19.6. The molecule has 212 valence electrons. The van der Waals surface area contributed by atoms with E-state index in [2.05, 4.69) is 55.4 Å². The van der Waals surface area contributed by atoms with Crippen LogP contribution in [0.1, 0.15) is 145 Å². The highest BCUT2D eigenvalue weighted by Crippen LogP contribution is 2.36. The Balaban J connectivity index is 2.24. The smallest absolute Gasteiger partial charge is 0.308 e. The van der Waals surface area contributed by atoms with Gasteiger partial charge >= 0.3 is 11.9 Å². The molecule has 0 saturated heterocycles. The largest absolute Gasteiger partial charge is 0.465 e. The average molecular weight is 509 g/mol. The van der Waals surface area contributed by atoms with E-state index in [1.807, 2.05) is 0 Å². The summed E-state index contributed by atoms with van der Waals surface area (Å²) in [4.78, 5) is 25.1. The molecular formula is C32H60O4. The van der Waals surface area contributed by atoms with Gasteiger partial charge in [0.2, 0.25) is 0 Å². The van der Waals surface area contributed by atoms with Gasteiger partial charge in [0.25, 0.3) is 0 Å². The molecule has 0 aromatic heterocycles. The maximum absolute atomic E-state index is 12.6. The lowest BCUT2D eigenvalue weighted by Gasteiger charge is -2.32. The van der Waals surface area contributed by atoms with E-state index in [0.29, 0.717) is 25.0 Å². The number of ether oxygens (including phenoxy) is 2. The van der Waals surface area contributed by atoms with E-state index < -0.39 is 0 Å². The molecule has 0 radical (unpaired) electrons. The standard InChI is InChI=1S/C32H60O4/c1-9-11-15-25(3)31(5,6)21-13-23-35-29(33)27-17-19-28(20-18-27)30(34)36-24-14-22-32(7,8)26(4)16-12-10-2/h25-28H,9-24H2,1-8H3. The molecule has 0 spiro atoms. The van der Waals surface area contributed by atoms with Crippen LogP contribution < -0.4 is 0 Å². The fourth-order valence-corrected chi connectivity index (χ4v) is 5.50. The molecule has 1 saturated carbocycles. The van der Waals surface area contributed by atoms with Crippen LogP contribution in [0.5, 0.6) is 0 Å². The van der Waals surface area contributed by atoms with Crippen molar-refractivity contribution in [1.82, 2.24) is 0 Å². The lowest BCUT2D eigenvalue weighted by atomic mass is 9.74. The number of hydrogen-bond acceptors (Lipinski definition) is 4. The molecule has 0 aromatic carbocycles. The Labute approximate surface area is 224 Å². The Morgan fingerprint density at radius 3 is 1.31 bits per heavy atom. The Kier molecular flexibility index (Phi) is 15.3. The normalized spacial score (nSPS) is 20.6. The average Bonchev–Trinajstić information content (AvgIpc) is 2.85. The summed E-state index contributed by atoms with van der Waals surface area (Å²) in [5.74, 6) is 1.11. The molecular weight excluding hydrogens is 448 g/mol. The van der Waals surface area contributed by atoms with Gasteiger partial charge in [-0.05, 0) is 74.0 Å². The fourth-order valence-electron chi connectivity index (χ4n) is 5.50. The van der Waals surface area contributed by atoms with Crippen molar-refractivity contribution in [1.29, 1.82) is 0 Å². The molecule has 0 heterocycles. The summed E-state index contributed by atoms with van der Waals surface area (Å²) < 4.78 is 11.3. The molecule has 2 atom stereocenters. The van der Waals surface area contributed by atoms with E-state index in [1.54, 1.807) is 0 Å². The second-order valence-electron chi connectivity index (χ2n) is 13.2. The first-order chi connectivity index (χ1) is 16.9. The fraction of sp³-hybridized carbons (Fsp3) is 0.938. The second kappa shape index (κ2) is 16.7. The summed E-state index contributed by atoms with van der Waals surface area (Å²) in [7, 11) is 0. The minimum atomic E-state index is -0.0712. The number of carbonyl (C=O) groups excluding carboxylic acids is 2. The Hall–Kier alpha value is -1.06. The van der Waals surface area contributed by atoms with Crippen LogP contribution in [0, 0.1) is 34.5 Å². The first-order valence-corrected chi connectivity index (χ1v) is 15.3. The van der Waals surface area contributed by atoms with Crippen LogP contribution in [0.4, 0.5) is 0 Å². The maximum atomic E-state index is 12.6. The van der Waals surface area contributed by atoms with Crippen molar-refractivity contribution in [3.63, 3.8) is 0 Å². The quantitative estimate of drug-likeness (QED) is 0.137. The molecule has 0 bridgehead atoms. The van der Waals surface area contributed by atoms with Crippen molar-refractivity contribution in [3.05, 3.63) is 0 Å². The third-order valence-corrected chi connectivity index (χ3v) is 9.46. The van der Waals surface area contributed by atoms with Crippen LogP contribution in [0.3, 0.4) is 0 Å². The van der Waals surface area contributed by atoms with Crippen LogP contribution in [-0.2, 0) is 19.1 Å². The van der Waals surface area contributed by atoms with Gasteiger partial charge in [0.05, 0.1) is 25.0 Å². The third-order valence-electron chi connectivity index (χ3n) is 9.46. The summed E-state index contributed by atoms with van der Waals surface area (Å²) in [6, 6.07) is 0. The Morgan fingerprint density at radius 2 is 1.00 bits per heavy atom. The highest BCUT2D eigenvalue weighted by molar-refractivity contribution is 5.75. The number of rotatable bonds is 18. The van der Waals surface area contributed by atoms with Crippen LogP contribution in [-0.4, -0.2) is 25.2 Å². The van der Waals surface area contributed by atoms with Crippen LogP contribution in [0.2, 0.25) is 0 Å². The van der Waals surface area contributed by atoms with Gasteiger partial charge in [-0.3, -0.25) is 9.59 Å². The van der Waals surface area contributed by atoms with E-state index in [-0.39, 0.29) is 34.6 Å². The minimum Gasteiger partial charge on any atom is -0.465 e. The predicted octanol–water partition coefficient (Wildman–Crippen LogP) is 9.14. The molecule has 1 aliphatic carbocycles. The van der Waals surface area contributed by atoms with Crippen molar-refractivity contribution >= 4 is 11.9 Å². The van der Waals surface area contributed by atoms with Gasteiger partial charge in [-0.1, -0.05) is 93.9 Å². The van der Waals surface area contributed by atoms with Crippen LogP contribution in [0.25, 0.3) is 0 Å². The molecule has 0 amide bonds. The van der Waals surface area contributed by atoms with Gasteiger partial charge in [-0.25, -0.2) is 0 Å². The number of hydrogen-bond donors (Lipinski definition) is 0. The lowest BCUT2D eigenvalue weighted by molar-refractivity contribution is -0.155. The van der Waals surface area contributed by atoms with Crippen molar-refractivity contribution in [2.75, 3.05) is 13.2 Å². The molecule has 1 aliphatic rings. The van der Waals surface area contributed by atoms with Crippen LogP contribution in [0.15, 0.2) is 0 Å². The monoisotopic (exact) mass is 508 g/mol. The van der Waals surface area contributed by atoms with E-state index in [4.69, 9.17) is 9.47 Å². The Bertz CT molecular complexity index is 562. The van der Waals surface area contributed by atoms with Gasteiger partial charge in [-0.15, -0.1) is 0 Å². The molecule has 4 nitrogen and oxygen atoms in total. The molecule has 0 aliphatic heterocycles. The van der Waals surface area contributed by atoms with Crippen molar-refractivity contribution in [2.45, 2.75) is 145 Å². The SMILES string of the molecule is CCCCC(C)C(C)(C)CCCOC(=O)C1CCC(C(=O)OCCCC(C)(C)C(C)CCCC)CC1. The molecule has 0 aromatic rings. The van der Waals surface area contributed by atoms with Gasteiger partial charge in [0.1, 0.15) is 0 Å². The van der Waals surface area contributed by atoms with Gasteiger partial charge in [0, 0.05) is 0 Å². The summed E-state index contributed by atoms with van der Waals surface area (Å²) >= 11 is 0. The number of carbonyl (C=O) groups is 2. The van der Waals surface area contributed by atoms with E-state index in [0.717, 1.165) is 51.4 Å². The topological polar surface area (TPSA) is 52.6 Å². The van der Waals surface area contributed by atoms with Crippen molar-refractivity contribution < 1.29 is 19.1 Å². The Morgan fingerprint density at radius 1 is 0.667 bits per heavy atom. The summed E-state index contributed by atoms with van der Waals surface area (Å²) in [6.07, 6.45) is 14.5. The zero-order chi connectivity index (χ0) is 27.2. The van der Waals surface area contributed by atoms with Gasteiger partial charge < -0.3 is 9.47 Å². The van der Waals surface area contributed by atoms with Gasteiger partial charge in [-0.2, -0.15) is 0 Å². The predicted molar refractivity (Wildman–Crippen MR) is 151 cm³/mol. The molecule has 1 rings (SSSR count). The first kappa shape index (κ1) is 33.0. The number of esters is 2. The van der Waals surface area contributed by atoms with E-state index in [1.165, 1.54) is 38.5 Å². The highest BCUT2D eigenvalue weighted by atomic mass is 16.5. The lowest BCUT2D eigenvalue weighted by Crippen LogP contribution is -2.29. The highest BCUT2D eigenvalue weighted by Gasteiger charge is 2.32. The molecule has 4 heteroatoms. The summed E-state index contributed by atoms with van der Waals surface area (Å²) in [5, 5.41) is 0. The minimum absolute atomic E-state index is 0.0593. The molecule has 36 heavy (non-hydrogen) atoms. The first-order valence-electron chi connectivity index (χ1n) is 15.3.